The Balaban J connectivity index is 1.94. The second kappa shape index (κ2) is 11.5. The summed E-state index contributed by atoms with van der Waals surface area (Å²) in [4.78, 5) is 2.44. The van der Waals surface area contributed by atoms with E-state index in [1.807, 2.05) is 18.2 Å². The molecule has 2 rings (SSSR count). The Morgan fingerprint density at radius 2 is 1.67 bits per heavy atom. The van der Waals surface area contributed by atoms with E-state index in [1.165, 1.54) is 4.91 Å². The van der Waals surface area contributed by atoms with Crippen molar-refractivity contribution in [3.63, 3.8) is 0 Å². The van der Waals surface area contributed by atoms with Crippen LogP contribution in [0.15, 0.2) is 46.2 Å². The third-order valence-corrected chi connectivity index (χ3v) is 7.95. The highest BCUT2D eigenvalue weighted by Crippen LogP contribution is 2.46. The summed E-state index contributed by atoms with van der Waals surface area (Å²) in [6.45, 7) is 8.67. The molecule has 1 heterocycles. The number of hydrogen-bond acceptors (Lipinski definition) is 5. The van der Waals surface area contributed by atoms with Crippen molar-refractivity contribution in [2.45, 2.75) is 46.3 Å². The maximum Gasteiger partial charge on any atom is 0.161 e. The van der Waals surface area contributed by atoms with Crippen LogP contribution in [-0.2, 0) is 15.5 Å². The fourth-order valence-corrected chi connectivity index (χ4v) is 6.94. The van der Waals surface area contributed by atoms with Crippen LogP contribution in [-0.4, -0.2) is 32.4 Å². The number of rotatable bonds is 11. The van der Waals surface area contributed by atoms with Crippen molar-refractivity contribution in [1.29, 1.82) is 0 Å². The highest BCUT2D eigenvalue weighted by Gasteiger charge is 2.31. The number of alkyl halides is 1. The molecule has 27 heavy (non-hydrogen) atoms. The van der Waals surface area contributed by atoms with Crippen LogP contribution in [0.25, 0.3) is 0 Å². The standard InChI is InChI=1S/C19H29FO3S2Si2/c1-19(2,18(22-26-3)23-27-4)11-15-9-10-16(25-24-15)13-21-17-8-6-5-7-14(17)12-20/h5-10,18H,11-13,26-27H2,1-4H3. The SMILES string of the molecule is C[SiH2]OC(O[SiH2]C)C(C)(C)CC1=CC=C(COc2ccccc2CF)SS1. The predicted octanol–water partition coefficient (Wildman–Crippen LogP) is 4.74. The lowest BCUT2D eigenvalue weighted by Crippen LogP contribution is -2.36. The first-order valence-electron chi connectivity index (χ1n) is 9.24. The van der Waals surface area contributed by atoms with Gasteiger partial charge in [-0.1, -0.05) is 72.8 Å². The Hall–Kier alpha value is -0.516. The van der Waals surface area contributed by atoms with Crippen molar-refractivity contribution in [3.05, 3.63) is 51.8 Å². The monoisotopic (exact) mass is 444 g/mol. The molecule has 0 aliphatic carbocycles. The first-order chi connectivity index (χ1) is 13.0. The Labute approximate surface area is 174 Å². The largest absolute Gasteiger partial charge is 0.488 e. The van der Waals surface area contributed by atoms with Gasteiger partial charge < -0.3 is 13.6 Å². The van der Waals surface area contributed by atoms with Crippen LogP contribution >= 0.6 is 21.6 Å². The average molecular weight is 445 g/mol. The molecule has 8 heteroatoms. The molecule has 150 valence electrons. The van der Waals surface area contributed by atoms with Gasteiger partial charge in [0, 0.05) is 15.9 Å². The van der Waals surface area contributed by atoms with Gasteiger partial charge in [0.15, 0.2) is 19.5 Å². The minimum atomic E-state index is -0.511. The minimum Gasteiger partial charge on any atom is -0.488 e. The van der Waals surface area contributed by atoms with E-state index < -0.39 is 26.2 Å². The number of ether oxygens (including phenoxy) is 1. The van der Waals surface area contributed by atoms with Gasteiger partial charge in [-0.2, -0.15) is 0 Å². The van der Waals surface area contributed by atoms with E-state index in [0.717, 1.165) is 11.3 Å². The molecule has 0 radical (unpaired) electrons. The number of halogens is 1. The molecule has 0 spiro atoms. The van der Waals surface area contributed by atoms with E-state index in [1.54, 1.807) is 27.7 Å². The zero-order valence-corrected chi connectivity index (χ0v) is 21.0. The van der Waals surface area contributed by atoms with Gasteiger partial charge in [-0.15, -0.1) is 0 Å². The molecule has 0 fully saturated rings. The summed E-state index contributed by atoms with van der Waals surface area (Å²) in [7, 11) is 2.46. The normalized spacial score (nSPS) is 16.8. The molecule has 0 saturated heterocycles. The lowest BCUT2D eigenvalue weighted by Gasteiger charge is -2.35. The van der Waals surface area contributed by atoms with Crippen molar-refractivity contribution in [1.82, 2.24) is 0 Å². The van der Waals surface area contributed by atoms with Gasteiger partial charge >= 0.3 is 0 Å². The third-order valence-electron chi connectivity index (χ3n) is 4.10. The summed E-state index contributed by atoms with van der Waals surface area (Å²) < 4.78 is 30.7. The highest BCUT2D eigenvalue weighted by molar-refractivity contribution is 8.79. The molecule has 1 aliphatic heterocycles. The number of benzene rings is 1. The van der Waals surface area contributed by atoms with Crippen molar-refractivity contribution >= 4 is 41.1 Å². The van der Waals surface area contributed by atoms with Crippen LogP contribution in [0.2, 0.25) is 13.1 Å². The van der Waals surface area contributed by atoms with E-state index in [0.29, 0.717) is 17.9 Å². The molecule has 0 bridgehead atoms. The van der Waals surface area contributed by atoms with Gasteiger partial charge in [0.25, 0.3) is 0 Å². The van der Waals surface area contributed by atoms with E-state index in [2.05, 4.69) is 39.1 Å². The molecule has 0 amide bonds. The Bertz CT molecular complexity index is 662. The molecule has 0 unspecified atom stereocenters. The number of hydrogen-bond donors (Lipinski definition) is 0. The van der Waals surface area contributed by atoms with Crippen molar-refractivity contribution in [2.24, 2.45) is 5.41 Å². The third kappa shape index (κ3) is 7.10. The first kappa shape index (κ1) is 22.8. The first-order valence-corrected chi connectivity index (χ1v) is 15.4. The predicted molar refractivity (Wildman–Crippen MR) is 121 cm³/mol. The maximum absolute atomic E-state index is 13.0. The van der Waals surface area contributed by atoms with Crippen LogP contribution in [0.4, 0.5) is 4.39 Å². The summed E-state index contributed by atoms with van der Waals surface area (Å²) in [5, 5.41) is 0. The van der Waals surface area contributed by atoms with Crippen molar-refractivity contribution < 1.29 is 18.0 Å². The zero-order valence-electron chi connectivity index (χ0n) is 16.5. The van der Waals surface area contributed by atoms with Crippen LogP contribution in [0.1, 0.15) is 25.8 Å². The summed E-state index contributed by atoms with van der Waals surface area (Å²) in [6, 6.07) is 7.26. The summed E-state index contributed by atoms with van der Waals surface area (Å²) in [6.07, 6.45) is 5.09. The van der Waals surface area contributed by atoms with Gasteiger partial charge in [-0.25, -0.2) is 4.39 Å². The number of para-hydroxylation sites is 1. The van der Waals surface area contributed by atoms with Crippen LogP contribution in [0.3, 0.4) is 0 Å². The van der Waals surface area contributed by atoms with Crippen LogP contribution < -0.4 is 4.74 Å². The zero-order chi connectivity index (χ0) is 19.7. The molecule has 1 aliphatic rings. The van der Waals surface area contributed by atoms with Crippen LogP contribution in [0.5, 0.6) is 5.75 Å². The van der Waals surface area contributed by atoms with Crippen LogP contribution in [0, 0.1) is 5.41 Å². The smallest absolute Gasteiger partial charge is 0.161 e. The quantitative estimate of drug-likeness (QED) is 0.279. The Morgan fingerprint density at radius 3 is 2.26 bits per heavy atom. The Morgan fingerprint density at radius 1 is 1.04 bits per heavy atom. The van der Waals surface area contributed by atoms with E-state index in [-0.39, 0.29) is 11.7 Å². The van der Waals surface area contributed by atoms with Gasteiger partial charge in [0.05, 0.1) is 0 Å². The number of allylic oxidation sites excluding steroid dienone is 3. The topological polar surface area (TPSA) is 27.7 Å². The molecule has 1 aromatic rings. The van der Waals surface area contributed by atoms with Gasteiger partial charge in [0.2, 0.25) is 0 Å². The lowest BCUT2D eigenvalue weighted by atomic mass is 9.88. The summed E-state index contributed by atoms with van der Waals surface area (Å²) in [5.41, 5.74) is 0.544. The fourth-order valence-electron chi connectivity index (χ4n) is 2.75. The molecule has 0 N–H and O–H groups in total. The summed E-state index contributed by atoms with van der Waals surface area (Å²) in [5.74, 6) is 0.618. The van der Waals surface area contributed by atoms with Crippen molar-refractivity contribution in [2.75, 3.05) is 6.61 Å². The van der Waals surface area contributed by atoms with Crippen molar-refractivity contribution in [3.8, 4) is 5.75 Å². The van der Waals surface area contributed by atoms with Gasteiger partial charge in [-0.3, -0.25) is 0 Å². The molecule has 1 aromatic carbocycles. The minimum absolute atomic E-state index is 0.0483. The highest BCUT2D eigenvalue weighted by atomic mass is 33.1. The molecular weight excluding hydrogens is 416 g/mol. The molecular formula is C19H29FO3S2Si2. The molecule has 0 aromatic heterocycles. The maximum atomic E-state index is 13.0. The average Bonchev–Trinajstić information content (AvgIpc) is 2.67. The van der Waals surface area contributed by atoms with E-state index in [9.17, 15) is 4.39 Å². The lowest BCUT2D eigenvalue weighted by molar-refractivity contribution is -0.0775. The molecule has 0 saturated carbocycles. The Kier molecular flexibility index (Phi) is 9.68. The van der Waals surface area contributed by atoms with Gasteiger partial charge in [0.1, 0.15) is 25.3 Å². The molecule has 0 atom stereocenters. The van der Waals surface area contributed by atoms with E-state index in [4.69, 9.17) is 13.6 Å². The van der Waals surface area contributed by atoms with E-state index >= 15 is 0 Å². The second-order valence-corrected chi connectivity index (χ2v) is 11.1. The van der Waals surface area contributed by atoms with Gasteiger partial charge in [-0.05, 0) is 23.5 Å². The summed E-state index contributed by atoms with van der Waals surface area (Å²) >= 11 is 0. The fraction of sp³-hybridized carbons (Fsp3) is 0.474. The molecule has 3 nitrogen and oxygen atoms in total. The second-order valence-electron chi connectivity index (χ2n) is 6.87.